The minimum atomic E-state index is -0.352. The average molecular weight is 525 g/mol. The van der Waals surface area contributed by atoms with E-state index in [1.807, 2.05) is 0 Å². The van der Waals surface area contributed by atoms with Crippen molar-refractivity contribution in [3.63, 3.8) is 0 Å². The van der Waals surface area contributed by atoms with Gasteiger partial charge in [0, 0.05) is 6.61 Å². The molecule has 3 N–H and O–H groups in total. The zero-order valence-corrected chi connectivity index (χ0v) is 25.3. The Bertz CT molecular complexity index is 450. The van der Waals surface area contributed by atoms with Crippen LogP contribution in [0.3, 0.4) is 0 Å². The highest BCUT2D eigenvalue weighted by Gasteiger charge is 2.11. The molecule has 3 nitrogen and oxygen atoms in total. The summed E-state index contributed by atoms with van der Waals surface area (Å²) < 4.78 is 0. The molecule has 0 amide bonds. The predicted molar refractivity (Wildman–Crippen MR) is 163 cm³/mol. The van der Waals surface area contributed by atoms with Gasteiger partial charge in [0.05, 0.1) is 12.2 Å². The van der Waals surface area contributed by atoms with Gasteiger partial charge in [0.2, 0.25) is 0 Å². The molecule has 3 atom stereocenters. The zero-order chi connectivity index (χ0) is 27.2. The quantitative estimate of drug-likeness (QED) is 0.0647. The maximum Gasteiger partial charge on any atom is 0.0564 e. The minimum Gasteiger partial charge on any atom is -0.396 e. The molecule has 0 bridgehead atoms. The number of allylic oxidation sites excluding steroid dienone is 2. The first-order chi connectivity index (χ1) is 18.1. The summed E-state index contributed by atoms with van der Waals surface area (Å²) in [6.45, 7) is 5.01. The third-order valence-corrected chi connectivity index (χ3v) is 7.94. The molecular formula is C34H68O3. The molecule has 0 fully saturated rings. The normalized spacial score (nSPS) is 14.4. The molecule has 222 valence electrons. The van der Waals surface area contributed by atoms with Crippen LogP contribution in [0, 0.1) is 5.92 Å². The van der Waals surface area contributed by atoms with Crippen molar-refractivity contribution in [3.8, 4) is 0 Å². The van der Waals surface area contributed by atoms with Crippen LogP contribution in [0.4, 0.5) is 0 Å². The van der Waals surface area contributed by atoms with Gasteiger partial charge in [-0.05, 0) is 57.3 Å². The molecule has 0 unspecified atom stereocenters. The van der Waals surface area contributed by atoms with Crippen LogP contribution in [0.5, 0.6) is 0 Å². The molecule has 0 rings (SSSR count). The van der Waals surface area contributed by atoms with Gasteiger partial charge in [-0.15, -0.1) is 0 Å². The van der Waals surface area contributed by atoms with E-state index in [4.69, 9.17) is 5.11 Å². The summed E-state index contributed by atoms with van der Waals surface area (Å²) in [5.74, 6) is 0.880. The summed E-state index contributed by atoms with van der Waals surface area (Å²) in [6, 6.07) is 0. The van der Waals surface area contributed by atoms with E-state index in [1.165, 1.54) is 116 Å². The Balaban J connectivity index is 3.37. The molecule has 37 heavy (non-hydrogen) atoms. The Morgan fingerprint density at radius 2 is 0.919 bits per heavy atom. The minimum absolute atomic E-state index is 0.299. The molecule has 0 aliphatic rings. The second kappa shape index (κ2) is 30.2. The van der Waals surface area contributed by atoms with Gasteiger partial charge in [0.1, 0.15) is 0 Å². The van der Waals surface area contributed by atoms with Crippen molar-refractivity contribution >= 4 is 0 Å². The van der Waals surface area contributed by atoms with E-state index in [0.29, 0.717) is 13.0 Å². The van der Waals surface area contributed by atoms with Crippen molar-refractivity contribution in [3.05, 3.63) is 12.2 Å². The first-order valence-corrected chi connectivity index (χ1v) is 16.7. The third-order valence-electron chi connectivity index (χ3n) is 7.94. The van der Waals surface area contributed by atoms with Crippen LogP contribution in [-0.4, -0.2) is 34.1 Å². The standard InChI is InChI=1S/C34H68O3/c1-3-4-5-6-16-21-26-32(2)27-22-17-12-10-8-7-9-11-13-18-23-28-33(36)31-34(37)29-24-19-14-15-20-25-30-35/h12,17,32-37H,3-11,13-16,18-31H2,1-2H3/b17-12-/t32-,33-,34+/m0/s1. The number of rotatable bonds is 30. The van der Waals surface area contributed by atoms with Gasteiger partial charge in [0.15, 0.2) is 0 Å². The zero-order valence-electron chi connectivity index (χ0n) is 25.3. The highest BCUT2D eigenvalue weighted by atomic mass is 16.3. The van der Waals surface area contributed by atoms with Crippen molar-refractivity contribution in [1.29, 1.82) is 0 Å². The van der Waals surface area contributed by atoms with E-state index >= 15 is 0 Å². The van der Waals surface area contributed by atoms with Crippen LogP contribution in [0.2, 0.25) is 0 Å². The monoisotopic (exact) mass is 525 g/mol. The van der Waals surface area contributed by atoms with Gasteiger partial charge in [0.25, 0.3) is 0 Å². The number of unbranched alkanes of at least 4 members (excludes halogenated alkanes) is 17. The molecule has 0 heterocycles. The van der Waals surface area contributed by atoms with E-state index in [-0.39, 0.29) is 12.2 Å². The van der Waals surface area contributed by atoms with E-state index in [2.05, 4.69) is 26.0 Å². The summed E-state index contributed by atoms with van der Waals surface area (Å²) in [7, 11) is 0. The summed E-state index contributed by atoms with van der Waals surface area (Å²) in [6.07, 6.45) is 35.5. The van der Waals surface area contributed by atoms with Crippen LogP contribution in [0.1, 0.15) is 181 Å². The van der Waals surface area contributed by atoms with Crippen molar-refractivity contribution in [1.82, 2.24) is 0 Å². The number of aliphatic hydroxyl groups excluding tert-OH is 3. The smallest absolute Gasteiger partial charge is 0.0564 e. The van der Waals surface area contributed by atoms with Crippen LogP contribution in [0.25, 0.3) is 0 Å². The van der Waals surface area contributed by atoms with E-state index < -0.39 is 0 Å². The highest BCUT2D eigenvalue weighted by Crippen LogP contribution is 2.18. The first kappa shape index (κ1) is 36.6. The number of hydrogen-bond acceptors (Lipinski definition) is 3. The van der Waals surface area contributed by atoms with Gasteiger partial charge in [-0.25, -0.2) is 0 Å². The maximum absolute atomic E-state index is 10.2. The first-order valence-electron chi connectivity index (χ1n) is 16.7. The molecule has 0 aromatic heterocycles. The molecule has 3 heteroatoms. The summed E-state index contributed by atoms with van der Waals surface area (Å²) in [5, 5.41) is 29.1. The average Bonchev–Trinajstić information content (AvgIpc) is 2.88. The van der Waals surface area contributed by atoms with Gasteiger partial charge in [-0.2, -0.15) is 0 Å². The fourth-order valence-electron chi connectivity index (χ4n) is 5.31. The third kappa shape index (κ3) is 30.0. The lowest BCUT2D eigenvalue weighted by atomic mass is 9.97. The Morgan fingerprint density at radius 3 is 1.46 bits per heavy atom. The van der Waals surface area contributed by atoms with Gasteiger partial charge < -0.3 is 15.3 Å². The van der Waals surface area contributed by atoms with Gasteiger partial charge >= 0.3 is 0 Å². The topological polar surface area (TPSA) is 60.7 Å². The lowest BCUT2D eigenvalue weighted by molar-refractivity contribution is 0.0680. The summed E-state index contributed by atoms with van der Waals surface area (Å²) in [5.41, 5.74) is 0. The molecular weight excluding hydrogens is 456 g/mol. The second-order valence-electron chi connectivity index (χ2n) is 11.9. The van der Waals surface area contributed by atoms with Gasteiger partial charge in [-0.3, -0.25) is 0 Å². The Hall–Kier alpha value is -0.380. The predicted octanol–water partition coefficient (Wildman–Crippen LogP) is 10.1. The SMILES string of the molecule is CCCCCCCC[C@H](C)CC/C=C\CCCCCCCCC[C@H](O)C[C@H](O)CCCCCCCCO. The lowest BCUT2D eigenvalue weighted by Gasteiger charge is -2.15. The number of aliphatic hydroxyl groups is 3. The van der Waals surface area contributed by atoms with E-state index in [0.717, 1.165) is 50.9 Å². The Morgan fingerprint density at radius 1 is 0.486 bits per heavy atom. The van der Waals surface area contributed by atoms with Crippen LogP contribution < -0.4 is 0 Å². The van der Waals surface area contributed by atoms with Crippen LogP contribution in [0.15, 0.2) is 12.2 Å². The van der Waals surface area contributed by atoms with Crippen molar-refractivity contribution in [2.75, 3.05) is 6.61 Å². The molecule has 0 spiro atoms. The number of hydrogen-bond donors (Lipinski definition) is 3. The molecule has 0 aromatic rings. The van der Waals surface area contributed by atoms with Crippen LogP contribution >= 0.6 is 0 Å². The summed E-state index contributed by atoms with van der Waals surface area (Å²) >= 11 is 0. The molecule has 0 aliphatic carbocycles. The van der Waals surface area contributed by atoms with Crippen molar-refractivity contribution in [2.45, 2.75) is 193 Å². The van der Waals surface area contributed by atoms with E-state index in [9.17, 15) is 10.2 Å². The van der Waals surface area contributed by atoms with Crippen LogP contribution in [-0.2, 0) is 0 Å². The Labute approximate surface area is 232 Å². The largest absolute Gasteiger partial charge is 0.396 e. The Kier molecular flexibility index (Phi) is 29.9. The molecule has 0 aliphatic heterocycles. The molecule has 0 radical (unpaired) electrons. The fraction of sp³-hybridized carbons (Fsp3) is 0.941. The molecule has 0 saturated carbocycles. The summed E-state index contributed by atoms with van der Waals surface area (Å²) in [4.78, 5) is 0. The molecule has 0 saturated heterocycles. The lowest BCUT2D eigenvalue weighted by Crippen LogP contribution is -2.17. The fourth-order valence-corrected chi connectivity index (χ4v) is 5.31. The van der Waals surface area contributed by atoms with Gasteiger partial charge in [-0.1, -0.05) is 142 Å². The maximum atomic E-state index is 10.2. The highest BCUT2D eigenvalue weighted by molar-refractivity contribution is 4.82. The van der Waals surface area contributed by atoms with Crippen molar-refractivity contribution < 1.29 is 15.3 Å². The second-order valence-corrected chi connectivity index (χ2v) is 11.9. The van der Waals surface area contributed by atoms with E-state index in [1.54, 1.807) is 0 Å². The molecule has 0 aromatic carbocycles. The van der Waals surface area contributed by atoms with Crippen molar-refractivity contribution in [2.24, 2.45) is 5.92 Å².